The number of aromatic nitrogens is 3. The van der Waals surface area contributed by atoms with Gasteiger partial charge in [-0.05, 0) is 12.8 Å². The Balaban J connectivity index is 1.92. The lowest BCUT2D eigenvalue weighted by atomic mass is 10.1. The first kappa shape index (κ1) is 11.3. The van der Waals surface area contributed by atoms with Gasteiger partial charge in [-0.2, -0.15) is 0 Å². The molecule has 0 bridgehead atoms. The third-order valence-electron chi connectivity index (χ3n) is 3.45. The van der Waals surface area contributed by atoms with Crippen LogP contribution in [0, 0.1) is 0 Å². The third kappa shape index (κ3) is 1.88. The van der Waals surface area contributed by atoms with Crippen LogP contribution in [0.25, 0.3) is 5.65 Å². The van der Waals surface area contributed by atoms with Gasteiger partial charge in [0.2, 0.25) is 0 Å². The smallest absolute Gasteiger partial charge is 0.180 e. The van der Waals surface area contributed by atoms with Gasteiger partial charge in [-0.25, -0.2) is 9.97 Å². The standard InChI is InChI=1S/C12H17N5O/c1-18-9-2-5-16(6-3-9)12-11-14-4-7-17(11)8-10(13)15-12/h4,7-9H,2-3,5-6,13H2,1H3. The summed E-state index contributed by atoms with van der Waals surface area (Å²) in [4.78, 5) is 11.0. The average Bonchev–Trinajstić information content (AvgIpc) is 2.86. The molecule has 6 heteroatoms. The summed E-state index contributed by atoms with van der Waals surface area (Å²) >= 11 is 0. The normalized spacial score (nSPS) is 17.5. The van der Waals surface area contributed by atoms with Gasteiger partial charge in [0, 0.05) is 32.6 Å². The molecule has 0 aromatic carbocycles. The van der Waals surface area contributed by atoms with E-state index < -0.39 is 0 Å². The molecule has 0 aliphatic carbocycles. The Morgan fingerprint density at radius 3 is 2.89 bits per heavy atom. The van der Waals surface area contributed by atoms with Crippen LogP contribution >= 0.6 is 0 Å². The van der Waals surface area contributed by atoms with E-state index >= 15 is 0 Å². The van der Waals surface area contributed by atoms with E-state index in [2.05, 4.69) is 14.9 Å². The predicted molar refractivity (Wildman–Crippen MR) is 69.6 cm³/mol. The zero-order valence-electron chi connectivity index (χ0n) is 10.4. The molecule has 18 heavy (non-hydrogen) atoms. The fourth-order valence-electron chi connectivity index (χ4n) is 2.45. The Bertz CT molecular complexity index is 544. The van der Waals surface area contributed by atoms with Crippen molar-refractivity contribution >= 4 is 17.3 Å². The lowest BCUT2D eigenvalue weighted by Gasteiger charge is -2.32. The number of hydrogen-bond donors (Lipinski definition) is 1. The van der Waals surface area contributed by atoms with Crippen LogP contribution in [0.5, 0.6) is 0 Å². The third-order valence-corrected chi connectivity index (χ3v) is 3.45. The number of nitrogens with two attached hydrogens (primary N) is 1. The summed E-state index contributed by atoms with van der Waals surface area (Å²) in [6.07, 6.45) is 7.83. The molecule has 1 aliphatic heterocycles. The van der Waals surface area contributed by atoms with Crippen molar-refractivity contribution in [1.82, 2.24) is 14.4 Å². The number of imidazole rings is 1. The summed E-state index contributed by atoms with van der Waals surface area (Å²) in [6.45, 7) is 1.86. The molecule has 6 nitrogen and oxygen atoms in total. The maximum Gasteiger partial charge on any atom is 0.180 e. The minimum absolute atomic E-state index is 0.359. The Morgan fingerprint density at radius 1 is 1.39 bits per heavy atom. The highest BCUT2D eigenvalue weighted by Crippen LogP contribution is 2.23. The number of fused-ring (bicyclic) bond motifs is 1. The van der Waals surface area contributed by atoms with E-state index in [0.29, 0.717) is 11.9 Å². The monoisotopic (exact) mass is 247 g/mol. The van der Waals surface area contributed by atoms with Crippen molar-refractivity contribution in [2.75, 3.05) is 30.8 Å². The topological polar surface area (TPSA) is 68.7 Å². The largest absolute Gasteiger partial charge is 0.382 e. The molecule has 1 saturated heterocycles. The van der Waals surface area contributed by atoms with Crippen molar-refractivity contribution in [1.29, 1.82) is 0 Å². The van der Waals surface area contributed by atoms with E-state index in [1.165, 1.54) is 0 Å². The number of hydrogen-bond acceptors (Lipinski definition) is 5. The van der Waals surface area contributed by atoms with E-state index in [1.807, 2.05) is 10.6 Å². The molecule has 3 rings (SSSR count). The maximum atomic E-state index is 5.83. The highest BCUT2D eigenvalue weighted by molar-refractivity contribution is 5.66. The second-order valence-electron chi connectivity index (χ2n) is 4.57. The first-order valence-corrected chi connectivity index (χ1v) is 6.15. The molecule has 3 heterocycles. The minimum Gasteiger partial charge on any atom is -0.382 e. The summed E-state index contributed by atoms with van der Waals surface area (Å²) in [5, 5.41) is 0. The van der Waals surface area contributed by atoms with Crippen LogP contribution in [0.4, 0.5) is 11.6 Å². The van der Waals surface area contributed by atoms with Crippen molar-refractivity contribution < 1.29 is 4.74 Å². The summed E-state index contributed by atoms with van der Waals surface area (Å²) in [5.74, 6) is 1.39. The SMILES string of the molecule is COC1CCN(c2nc(N)cn3ccnc23)CC1. The maximum absolute atomic E-state index is 5.83. The number of anilines is 2. The van der Waals surface area contributed by atoms with Crippen molar-refractivity contribution in [3.63, 3.8) is 0 Å². The van der Waals surface area contributed by atoms with Crippen molar-refractivity contribution in [3.8, 4) is 0 Å². The van der Waals surface area contributed by atoms with Gasteiger partial charge in [0.1, 0.15) is 5.82 Å². The molecule has 0 radical (unpaired) electrons. The van der Waals surface area contributed by atoms with Gasteiger partial charge in [-0.15, -0.1) is 0 Å². The van der Waals surface area contributed by atoms with Crippen LogP contribution in [0.15, 0.2) is 18.6 Å². The predicted octanol–water partition coefficient (Wildman–Crippen LogP) is 0.927. The molecule has 0 saturated carbocycles. The van der Waals surface area contributed by atoms with Gasteiger partial charge in [-0.1, -0.05) is 0 Å². The Labute approximate surface area is 105 Å². The molecule has 1 fully saturated rings. The number of nitrogen functional groups attached to an aromatic ring is 1. The number of nitrogens with zero attached hydrogens (tertiary/aromatic N) is 4. The Hall–Kier alpha value is -1.82. The lowest BCUT2D eigenvalue weighted by Crippen LogP contribution is -2.37. The van der Waals surface area contributed by atoms with E-state index in [0.717, 1.165) is 37.4 Å². The lowest BCUT2D eigenvalue weighted by molar-refractivity contribution is 0.0818. The van der Waals surface area contributed by atoms with E-state index in [-0.39, 0.29) is 0 Å². The first-order chi connectivity index (χ1) is 8.78. The van der Waals surface area contributed by atoms with E-state index in [9.17, 15) is 0 Å². The van der Waals surface area contributed by atoms with Crippen LogP contribution in [-0.4, -0.2) is 40.7 Å². The first-order valence-electron chi connectivity index (χ1n) is 6.15. The van der Waals surface area contributed by atoms with Gasteiger partial charge in [0.05, 0.1) is 12.3 Å². The quantitative estimate of drug-likeness (QED) is 0.855. The summed E-state index contributed by atoms with van der Waals surface area (Å²) in [6, 6.07) is 0. The second-order valence-corrected chi connectivity index (χ2v) is 4.57. The highest BCUT2D eigenvalue weighted by Gasteiger charge is 2.22. The molecule has 1 aliphatic rings. The molecule has 0 spiro atoms. The number of rotatable bonds is 2. The van der Waals surface area contributed by atoms with Crippen LogP contribution in [0.3, 0.4) is 0 Å². The van der Waals surface area contributed by atoms with Gasteiger partial charge in [0.15, 0.2) is 11.5 Å². The molecule has 2 aromatic heterocycles. The van der Waals surface area contributed by atoms with Crippen LogP contribution in [0.1, 0.15) is 12.8 Å². The van der Waals surface area contributed by atoms with E-state index in [4.69, 9.17) is 10.5 Å². The summed E-state index contributed by atoms with van der Waals surface area (Å²) < 4.78 is 7.30. The minimum atomic E-state index is 0.359. The van der Waals surface area contributed by atoms with Gasteiger partial charge in [0.25, 0.3) is 0 Å². The molecular formula is C12H17N5O. The summed E-state index contributed by atoms with van der Waals surface area (Å²) in [7, 11) is 1.77. The number of piperidine rings is 1. The van der Waals surface area contributed by atoms with Gasteiger partial charge < -0.3 is 19.8 Å². The van der Waals surface area contributed by atoms with Crippen LogP contribution < -0.4 is 10.6 Å². The second kappa shape index (κ2) is 4.45. The zero-order chi connectivity index (χ0) is 12.5. The van der Waals surface area contributed by atoms with Crippen molar-refractivity contribution in [2.24, 2.45) is 0 Å². The number of methoxy groups -OCH3 is 1. The van der Waals surface area contributed by atoms with Crippen molar-refractivity contribution in [3.05, 3.63) is 18.6 Å². The average molecular weight is 247 g/mol. The van der Waals surface area contributed by atoms with Crippen LogP contribution in [-0.2, 0) is 4.74 Å². The molecule has 0 atom stereocenters. The van der Waals surface area contributed by atoms with Gasteiger partial charge >= 0.3 is 0 Å². The summed E-state index contributed by atoms with van der Waals surface area (Å²) in [5.41, 5.74) is 6.69. The highest BCUT2D eigenvalue weighted by atomic mass is 16.5. The number of ether oxygens (including phenoxy) is 1. The fraction of sp³-hybridized carbons (Fsp3) is 0.500. The van der Waals surface area contributed by atoms with Crippen LogP contribution in [0.2, 0.25) is 0 Å². The molecular weight excluding hydrogens is 230 g/mol. The Kier molecular flexibility index (Phi) is 2.79. The molecule has 2 N–H and O–H groups in total. The molecule has 0 unspecified atom stereocenters. The molecule has 96 valence electrons. The van der Waals surface area contributed by atoms with Gasteiger partial charge in [-0.3, -0.25) is 0 Å². The van der Waals surface area contributed by atoms with Crippen molar-refractivity contribution in [2.45, 2.75) is 18.9 Å². The Morgan fingerprint density at radius 2 is 2.17 bits per heavy atom. The zero-order valence-corrected chi connectivity index (χ0v) is 10.4. The fourth-order valence-corrected chi connectivity index (χ4v) is 2.45. The molecule has 2 aromatic rings. The van der Waals surface area contributed by atoms with E-state index in [1.54, 1.807) is 19.5 Å². The molecule has 0 amide bonds.